The molecule has 4 nitrogen and oxygen atoms in total. The van der Waals surface area contributed by atoms with Crippen molar-refractivity contribution in [2.24, 2.45) is 4.99 Å². The minimum absolute atomic E-state index is 0. The summed E-state index contributed by atoms with van der Waals surface area (Å²) in [6.45, 7) is 0.384. The van der Waals surface area contributed by atoms with E-state index in [0.29, 0.717) is 6.54 Å². The standard InChI is InChI=1S/C4H6N2O2.Fe/c7-4-5-2-1-3-6(4)8;/h1-2,8H,3H2,(H,5,7);/p+1. The molecule has 1 aliphatic heterocycles. The van der Waals surface area contributed by atoms with Gasteiger partial charge >= 0.3 is 6.02 Å². The van der Waals surface area contributed by atoms with Crippen LogP contribution in [0.15, 0.2) is 17.3 Å². The molecule has 0 fully saturated rings. The van der Waals surface area contributed by atoms with Gasteiger partial charge in [-0.1, -0.05) is 0 Å². The molecule has 0 bridgehead atoms. The first-order valence-electron chi connectivity index (χ1n) is 2.27. The van der Waals surface area contributed by atoms with Crippen molar-refractivity contribution in [1.29, 1.82) is 0 Å². The summed E-state index contributed by atoms with van der Waals surface area (Å²) in [5.74, 6) is 0. The molecule has 1 unspecified atom stereocenters. The average molecular weight is 171 g/mol. The van der Waals surface area contributed by atoms with Crippen molar-refractivity contribution in [1.82, 2.24) is 0 Å². The topological polar surface area (TPSA) is 57.3 Å². The van der Waals surface area contributed by atoms with Crippen LogP contribution >= 0.6 is 0 Å². The van der Waals surface area contributed by atoms with Crippen LogP contribution in [0.2, 0.25) is 0 Å². The van der Waals surface area contributed by atoms with Crippen LogP contribution in [0.5, 0.6) is 0 Å². The second-order valence-corrected chi connectivity index (χ2v) is 1.49. The van der Waals surface area contributed by atoms with Crippen LogP contribution in [-0.4, -0.2) is 22.9 Å². The van der Waals surface area contributed by atoms with E-state index in [2.05, 4.69) is 4.99 Å². The van der Waals surface area contributed by atoms with Gasteiger partial charge in [0.15, 0.2) is 0 Å². The number of quaternary nitrogens is 1. The predicted octanol–water partition coefficient (Wildman–Crippen LogP) is -1.30. The first-order chi connectivity index (χ1) is 3.80. The number of nitrogens with one attached hydrogen (secondary N) is 1. The summed E-state index contributed by atoms with van der Waals surface area (Å²) in [6.07, 6.45) is 3.12. The van der Waals surface area contributed by atoms with Gasteiger partial charge in [-0.25, -0.2) is 5.21 Å². The summed E-state index contributed by atoms with van der Waals surface area (Å²) in [7, 11) is 0. The Hall–Kier alpha value is -0.351. The van der Waals surface area contributed by atoms with Crippen molar-refractivity contribution < 1.29 is 32.4 Å². The van der Waals surface area contributed by atoms with Crippen molar-refractivity contribution in [2.45, 2.75) is 0 Å². The second-order valence-electron chi connectivity index (χ2n) is 1.49. The van der Waals surface area contributed by atoms with Crippen LogP contribution in [0, 0.1) is 0 Å². The summed E-state index contributed by atoms with van der Waals surface area (Å²) in [4.78, 5) is 3.42. The Kier molecular flexibility index (Phi) is 3.49. The molecule has 1 aliphatic rings. The number of hydroxylamine groups is 2. The molecule has 0 saturated carbocycles. The van der Waals surface area contributed by atoms with Gasteiger partial charge in [0.05, 0.1) is 0 Å². The van der Waals surface area contributed by atoms with Gasteiger partial charge in [-0.3, -0.25) is 0 Å². The summed E-state index contributed by atoms with van der Waals surface area (Å²) >= 11 is 0. The van der Waals surface area contributed by atoms with Gasteiger partial charge in [0.25, 0.3) is 0 Å². The van der Waals surface area contributed by atoms with Crippen molar-refractivity contribution in [3.8, 4) is 0 Å². The number of aliphatic imine (C=N–C) groups is 1. The van der Waals surface area contributed by atoms with Gasteiger partial charge < -0.3 is 5.11 Å². The number of hydrogen-bond donors (Lipinski definition) is 3. The zero-order valence-electron chi connectivity index (χ0n) is 4.56. The fraction of sp³-hybridized carbons (Fsp3) is 0.250. The SMILES string of the molecule is OC1=NC=CC[NH+]1O.[Fe]. The summed E-state index contributed by atoms with van der Waals surface area (Å²) in [6, 6.07) is -0.271. The van der Waals surface area contributed by atoms with E-state index in [1.807, 2.05) is 0 Å². The Balaban J connectivity index is 0.000000640. The van der Waals surface area contributed by atoms with Gasteiger partial charge in [-0.05, 0) is 6.08 Å². The molecule has 1 heterocycles. The van der Waals surface area contributed by atoms with E-state index >= 15 is 0 Å². The number of rotatable bonds is 0. The van der Waals surface area contributed by atoms with Gasteiger partial charge in [-0.15, -0.1) is 5.06 Å². The summed E-state index contributed by atoms with van der Waals surface area (Å²) < 4.78 is 0. The molecular formula is C4H7FeN2O2+. The molecule has 5 heteroatoms. The van der Waals surface area contributed by atoms with E-state index in [0.717, 1.165) is 0 Å². The van der Waals surface area contributed by atoms with E-state index in [1.54, 1.807) is 6.08 Å². The van der Waals surface area contributed by atoms with Crippen LogP contribution in [0.4, 0.5) is 0 Å². The third-order valence-corrected chi connectivity index (χ3v) is 0.872. The van der Waals surface area contributed by atoms with Gasteiger partial charge in [0.1, 0.15) is 6.54 Å². The largest absolute Gasteiger partial charge is 0.450 e. The van der Waals surface area contributed by atoms with Crippen molar-refractivity contribution >= 4 is 6.02 Å². The maximum Gasteiger partial charge on any atom is 0.428 e. The fourth-order valence-electron chi connectivity index (χ4n) is 0.453. The summed E-state index contributed by atoms with van der Waals surface area (Å²) in [5.41, 5.74) is 0. The molecule has 0 radical (unpaired) electrons. The van der Waals surface area contributed by atoms with Crippen LogP contribution in [0.25, 0.3) is 0 Å². The Morgan fingerprint density at radius 3 is 2.67 bits per heavy atom. The van der Waals surface area contributed by atoms with Crippen LogP contribution in [0.3, 0.4) is 0 Å². The third kappa shape index (κ3) is 2.15. The van der Waals surface area contributed by atoms with E-state index in [1.165, 1.54) is 6.20 Å². The van der Waals surface area contributed by atoms with E-state index < -0.39 is 0 Å². The molecule has 9 heavy (non-hydrogen) atoms. The molecule has 1 rings (SSSR count). The Labute approximate surface area is 62.9 Å². The molecule has 0 saturated heterocycles. The molecule has 52 valence electrons. The average Bonchev–Trinajstić information content (AvgIpc) is 1.77. The van der Waals surface area contributed by atoms with E-state index in [4.69, 9.17) is 10.3 Å². The third-order valence-electron chi connectivity index (χ3n) is 0.872. The number of hydrogen-bond acceptors (Lipinski definition) is 2. The number of aliphatic hydroxyl groups is 1. The quantitative estimate of drug-likeness (QED) is 0.396. The zero-order chi connectivity index (χ0) is 5.98. The molecule has 0 aromatic heterocycles. The Morgan fingerprint density at radius 2 is 2.33 bits per heavy atom. The van der Waals surface area contributed by atoms with Gasteiger partial charge in [-0.2, -0.15) is 4.99 Å². The molecule has 0 aromatic carbocycles. The van der Waals surface area contributed by atoms with Crippen LogP contribution in [0.1, 0.15) is 0 Å². The van der Waals surface area contributed by atoms with Crippen LogP contribution < -0.4 is 5.06 Å². The molecule has 0 aliphatic carbocycles. The summed E-state index contributed by atoms with van der Waals surface area (Å²) in [5, 5.41) is 17.2. The molecule has 0 amide bonds. The number of amidine groups is 1. The monoisotopic (exact) mass is 171 g/mol. The first kappa shape index (κ1) is 8.65. The Morgan fingerprint density at radius 1 is 1.67 bits per heavy atom. The van der Waals surface area contributed by atoms with Crippen LogP contribution in [-0.2, 0) is 17.1 Å². The van der Waals surface area contributed by atoms with Gasteiger partial charge in [0.2, 0.25) is 0 Å². The molecule has 1 atom stereocenters. The van der Waals surface area contributed by atoms with Gasteiger partial charge in [0, 0.05) is 23.3 Å². The molecule has 0 spiro atoms. The van der Waals surface area contributed by atoms with Crippen molar-refractivity contribution in [2.75, 3.05) is 6.54 Å². The maximum atomic E-state index is 8.66. The normalized spacial score (nSPS) is 24.6. The van der Waals surface area contributed by atoms with E-state index in [-0.39, 0.29) is 28.2 Å². The smallest absolute Gasteiger partial charge is 0.428 e. The first-order valence-corrected chi connectivity index (χ1v) is 2.27. The second kappa shape index (κ2) is 3.63. The zero-order valence-corrected chi connectivity index (χ0v) is 5.66. The van der Waals surface area contributed by atoms with Crippen molar-refractivity contribution in [3.63, 3.8) is 0 Å². The molecular weight excluding hydrogens is 164 g/mol. The number of aliphatic hydroxyl groups excluding tert-OH is 1. The minimum atomic E-state index is -0.271. The number of nitrogens with zero attached hydrogens (tertiary/aromatic N) is 1. The maximum absolute atomic E-state index is 8.66. The van der Waals surface area contributed by atoms with E-state index in [9.17, 15) is 0 Å². The predicted molar refractivity (Wildman–Crippen MR) is 26.8 cm³/mol. The Bertz CT molecular complexity index is 146. The minimum Gasteiger partial charge on any atom is -0.450 e. The molecule has 0 aromatic rings. The molecule has 3 N–H and O–H groups in total. The fourth-order valence-corrected chi connectivity index (χ4v) is 0.453. The van der Waals surface area contributed by atoms with Crippen molar-refractivity contribution in [3.05, 3.63) is 12.3 Å².